The molecule has 1 aromatic heterocycles. The Kier molecular flexibility index (Phi) is 4.49. The molecule has 4 N–H and O–H groups in total. The number of nitrogen functional groups attached to an aromatic ring is 1. The van der Waals surface area contributed by atoms with Gasteiger partial charge in [0.05, 0.1) is 17.3 Å². The number of nitrogens with one attached hydrogen (secondary N) is 2. The molecule has 2 rings (SSSR count). The Bertz CT molecular complexity index is 642. The van der Waals surface area contributed by atoms with Crippen molar-refractivity contribution in [2.24, 2.45) is 0 Å². The highest BCUT2D eigenvalue weighted by atomic mass is 35.5. The van der Waals surface area contributed by atoms with Gasteiger partial charge in [-0.25, -0.2) is 4.79 Å². The van der Waals surface area contributed by atoms with Crippen LogP contribution in [0.4, 0.5) is 22.2 Å². The Hall–Kier alpha value is -2.48. The maximum Gasteiger partial charge on any atom is 0.319 e. The SMILES string of the molecule is CN(C)c1cc(NC(=O)NCc2nnc(N)o2)ccc1Cl. The van der Waals surface area contributed by atoms with Crippen LogP contribution in [0, 0.1) is 0 Å². The molecule has 2 aromatic rings. The molecule has 1 heterocycles. The van der Waals surface area contributed by atoms with Crippen molar-refractivity contribution in [3.63, 3.8) is 0 Å². The van der Waals surface area contributed by atoms with Crippen LogP contribution in [0.3, 0.4) is 0 Å². The van der Waals surface area contributed by atoms with E-state index in [0.717, 1.165) is 5.69 Å². The Morgan fingerprint density at radius 3 is 2.81 bits per heavy atom. The van der Waals surface area contributed by atoms with Crippen LogP contribution in [0.25, 0.3) is 0 Å². The third-order valence-electron chi connectivity index (χ3n) is 2.57. The summed E-state index contributed by atoms with van der Waals surface area (Å²) < 4.78 is 4.94. The number of urea groups is 1. The van der Waals surface area contributed by atoms with Gasteiger partial charge in [-0.2, -0.15) is 0 Å². The number of carbonyl (C=O) groups excluding carboxylic acids is 1. The van der Waals surface area contributed by atoms with Crippen molar-refractivity contribution in [3.05, 3.63) is 29.1 Å². The van der Waals surface area contributed by atoms with Crippen molar-refractivity contribution in [3.8, 4) is 0 Å². The lowest BCUT2D eigenvalue weighted by Gasteiger charge is -2.16. The summed E-state index contributed by atoms with van der Waals surface area (Å²) in [6.07, 6.45) is 0. The normalized spacial score (nSPS) is 10.2. The minimum Gasteiger partial charge on any atom is -0.406 e. The van der Waals surface area contributed by atoms with Gasteiger partial charge in [0.25, 0.3) is 0 Å². The Balaban J connectivity index is 1.95. The summed E-state index contributed by atoms with van der Waals surface area (Å²) in [5.74, 6) is 0.229. The van der Waals surface area contributed by atoms with E-state index in [-0.39, 0.29) is 18.5 Å². The Morgan fingerprint density at radius 1 is 1.43 bits per heavy atom. The largest absolute Gasteiger partial charge is 0.406 e. The topological polar surface area (TPSA) is 109 Å². The van der Waals surface area contributed by atoms with E-state index in [0.29, 0.717) is 10.7 Å². The molecular formula is C12H15ClN6O2. The van der Waals surface area contributed by atoms with Gasteiger partial charge < -0.3 is 25.7 Å². The average Bonchev–Trinajstić information content (AvgIpc) is 2.84. The molecule has 2 amide bonds. The van der Waals surface area contributed by atoms with Gasteiger partial charge in [0.2, 0.25) is 5.89 Å². The van der Waals surface area contributed by atoms with E-state index in [9.17, 15) is 4.79 Å². The third kappa shape index (κ3) is 3.99. The average molecular weight is 311 g/mol. The number of nitrogens with zero attached hydrogens (tertiary/aromatic N) is 3. The number of rotatable bonds is 4. The van der Waals surface area contributed by atoms with Crippen LogP contribution in [-0.2, 0) is 6.54 Å². The van der Waals surface area contributed by atoms with Crippen LogP contribution in [0.5, 0.6) is 0 Å². The molecule has 21 heavy (non-hydrogen) atoms. The number of carbonyl (C=O) groups is 1. The summed E-state index contributed by atoms with van der Waals surface area (Å²) >= 11 is 6.06. The number of anilines is 3. The van der Waals surface area contributed by atoms with Gasteiger partial charge in [-0.05, 0) is 18.2 Å². The van der Waals surface area contributed by atoms with Crippen LogP contribution in [0.15, 0.2) is 22.6 Å². The van der Waals surface area contributed by atoms with Crippen molar-refractivity contribution in [2.75, 3.05) is 30.0 Å². The van der Waals surface area contributed by atoms with Crippen LogP contribution >= 0.6 is 11.6 Å². The highest BCUT2D eigenvalue weighted by molar-refractivity contribution is 6.33. The lowest BCUT2D eigenvalue weighted by molar-refractivity contribution is 0.250. The molecule has 0 atom stereocenters. The van der Waals surface area contributed by atoms with Crippen molar-refractivity contribution in [1.82, 2.24) is 15.5 Å². The first-order chi connectivity index (χ1) is 9.95. The predicted molar refractivity (Wildman–Crippen MR) is 80.3 cm³/mol. The van der Waals surface area contributed by atoms with Crippen LogP contribution in [-0.4, -0.2) is 30.3 Å². The highest BCUT2D eigenvalue weighted by Crippen LogP contribution is 2.27. The second-order valence-corrected chi connectivity index (χ2v) is 4.81. The highest BCUT2D eigenvalue weighted by Gasteiger charge is 2.08. The molecule has 0 unspecified atom stereocenters. The van der Waals surface area contributed by atoms with E-state index in [4.69, 9.17) is 21.8 Å². The van der Waals surface area contributed by atoms with E-state index in [1.165, 1.54) is 0 Å². The number of benzene rings is 1. The first-order valence-corrected chi connectivity index (χ1v) is 6.43. The fourth-order valence-corrected chi connectivity index (χ4v) is 1.89. The predicted octanol–water partition coefficient (Wildman–Crippen LogP) is 1.69. The molecule has 0 spiro atoms. The summed E-state index contributed by atoms with van der Waals surface area (Å²) in [6, 6.07) is 4.75. The number of nitrogens with two attached hydrogens (primary N) is 1. The van der Waals surface area contributed by atoms with E-state index in [2.05, 4.69) is 20.8 Å². The Labute approximate surface area is 126 Å². The third-order valence-corrected chi connectivity index (χ3v) is 2.89. The zero-order valence-corrected chi connectivity index (χ0v) is 12.3. The van der Waals surface area contributed by atoms with Gasteiger partial charge in [-0.1, -0.05) is 16.7 Å². The molecule has 0 radical (unpaired) electrons. The van der Waals surface area contributed by atoms with Crippen LogP contribution < -0.4 is 21.3 Å². The monoisotopic (exact) mass is 310 g/mol. The van der Waals surface area contributed by atoms with Crippen molar-refractivity contribution in [1.29, 1.82) is 0 Å². The van der Waals surface area contributed by atoms with Crippen LogP contribution in [0.2, 0.25) is 5.02 Å². The summed E-state index contributed by atoms with van der Waals surface area (Å²) in [6.45, 7) is 0.0875. The molecule has 0 aliphatic heterocycles. The van der Waals surface area contributed by atoms with E-state index >= 15 is 0 Å². The molecule has 9 heteroatoms. The van der Waals surface area contributed by atoms with E-state index < -0.39 is 6.03 Å². The molecule has 0 aliphatic rings. The van der Waals surface area contributed by atoms with Gasteiger partial charge in [0, 0.05) is 19.8 Å². The summed E-state index contributed by atoms with van der Waals surface area (Å²) in [4.78, 5) is 13.6. The smallest absolute Gasteiger partial charge is 0.319 e. The van der Waals surface area contributed by atoms with Gasteiger partial charge >= 0.3 is 12.0 Å². The van der Waals surface area contributed by atoms with Crippen molar-refractivity contribution >= 4 is 35.0 Å². The van der Waals surface area contributed by atoms with Gasteiger partial charge in [0.15, 0.2) is 0 Å². The second-order valence-electron chi connectivity index (χ2n) is 4.40. The van der Waals surface area contributed by atoms with Crippen LogP contribution in [0.1, 0.15) is 5.89 Å². The number of hydrogen-bond acceptors (Lipinski definition) is 6. The lowest BCUT2D eigenvalue weighted by Crippen LogP contribution is -2.28. The molecule has 0 saturated carbocycles. The van der Waals surface area contributed by atoms with Gasteiger partial charge in [-0.15, -0.1) is 5.10 Å². The zero-order chi connectivity index (χ0) is 15.4. The molecule has 0 aliphatic carbocycles. The van der Waals surface area contributed by atoms with E-state index in [1.54, 1.807) is 18.2 Å². The maximum atomic E-state index is 11.8. The molecule has 1 aromatic carbocycles. The zero-order valence-electron chi connectivity index (χ0n) is 11.6. The molecule has 0 bridgehead atoms. The number of halogens is 1. The molecule has 0 fully saturated rings. The fraction of sp³-hybridized carbons (Fsp3) is 0.250. The molecular weight excluding hydrogens is 296 g/mol. The van der Waals surface area contributed by atoms with Gasteiger partial charge in [-0.3, -0.25) is 0 Å². The van der Waals surface area contributed by atoms with Gasteiger partial charge in [0.1, 0.15) is 0 Å². The second kappa shape index (κ2) is 6.31. The Morgan fingerprint density at radius 2 is 2.19 bits per heavy atom. The lowest BCUT2D eigenvalue weighted by atomic mass is 10.2. The quantitative estimate of drug-likeness (QED) is 0.793. The molecule has 112 valence electrons. The number of amides is 2. The van der Waals surface area contributed by atoms with E-state index in [1.807, 2.05) is 19.0 Å². The van der Waals surface area contributed by atoms with Crippen molar-refractivity contribution < 1.29 is 9.21 Å². The molecule has 8 nitrogen and oxygen atoms in total. The standard InChI is InChI=1S/C12H15ClN6O2/c1-19(2)9-5-7(3-4-8(9)13)16-12(20)15-6-10-17-18-11(14)21-10/h3-5H,6H2,1-2H3,(H2,14,18)(H2,15,16,20). The first kappa shape index (κ1) is 14.9. The molecule has 0 saturated heterocycles. The summed E-state index contributed by atoms with van der Waals surface area (Å²) in [5.41, 5.74) is 6.70. The minimum absolute atomic E-state index is 0.0412. The first-order valence-electron chi connectivity index (χ1n) is 6.05. The summed E-state index contributed by atoms with van der Waals surface area (Å²) in [5, 5.41) is 13.0. The minimum atomic E-state index is -0.404. The number of aromatic nitrogens is 2. The van der Waals surface area contributed by atoms with Crippen molar-refractivity contribution in [2.45, 2.75) is 6.54 Å². The number of hydrogen-bond donors (Lipinski definition) is 3. The summed E-state index contributed by atoms with van der Waals surface area (Å²) in [7, 11) is 3.73. The fourth-order valence-electron chi connectivity index (χ4n) is 1.60. The maximum absolute atomic E-state index is 11.8.